The second kappa shape index (κ2) is 13.8. The molecule has 0 aliphatic heterocycles. The number of hydrogen-bond acceptors (Lipinski definition) is 9. The van der Waals surface area contributed by atoms with Crippen LogP contribution in [0.15, 0.2) is 24.4 Å². The minimum absolute atomic E-state index is 0.0388. The Kier molecular flexibility index (Phi) is 11.5. The van der Waals surface area contributed by atoms with E-state index in [0.29, 0.717) is 5.01 Å². The number of nitrogen functional groups attached to an aromatic ring is 1. The first-order chi connectivity index (χ1) is 17.9. The topological polar surface area (TPSA) is 230 Å². The highest BCUT2D eigenvalue weighted by atomic mass is 32.1. The highest BCUT2D eigenvalue weighted by Crippen LogP contribution is 2.22. The van der Waals surface area contributed by atoms with Gasteiger partial charge in [-0.15, -0.1) is 11.3 Å². The van der Waals surface area contributed by atoms with Crippen LogP contribution in [0, 0.1) is 17.1 Å². The Bertz CT molecular complexity index is 1270. The van der Waals surface area contributed by atoms with Crippen molar-refractivity contribution in [3.05, 3.63) is 45.7 Å². The summed E-state index contributed by atoms with van der Waals surface area (Å²) in [5.74, 6) is -9.53. The lowest BCUT2D eigenvalue weighted by atomic mass is 10.1. The number of rotatable bonds is 10. The van der Waals surface area contributed by atoms with Crippen molar-refractivity contribution in [2.45, 2.75) is 32.0 Å². The third-order valence-corrected chi connectivity index (χ3v) is 5.36. The minimum atomic E-state index is -5.08. The number of nitrogens with zero attached hydrogens (tertiary/aromatic N) is 1. The number of carbonyl (C=O) groups is 5. The number of carbonyl (C=O) groups excluding carboxylic acids is 2. The van der Waals surface area contributed by atoms with Crippen LogP contribution in [0.3, 0.4) is 0 Å². The first-order valence-corrected chi connectivity index (χ1v) is 11.1. The molecule has 2 aromatic rings. The van der Waals surface area contributed by atoms with E-state index in [1.54, 1.807) is 0 Å². The average Bonchev–Trinajstić information content (AvgIpc) is 3.27. The SMILES string of the molecule is CC(Cc1ncc(C(=O)Oc2ccc(C(=N)N)cc2F)s1)C(=O)N[C@@H](CC(=O)O)C(=O)O.O=C(O)C(F)(F)F. The van der Waals surface area contributed by atoms with Gasteiger partial charge in [0.25, 0.3) is 0 Å². The van der Waals surface area contributed by atoms with Gasteiger partial charge in [0.1, 0.15) is 16.8 Å². The van der Waals surface area contributed by atoms with E-state index in [-0.39, 0.29) is 28.4 Å². The second-order valence-corrected chi connectivity index (χ2v) is 8.59. The van der Waals surface area contributed by atoms with E-state index in [0.717, 1.165) is 23.5 Å². The summed E-state index contributed by atoms with van der Waals surface area (Å²) in [4.78, 5) is 59.2. The number of carboxylic acids is 3. The summed E-state index contributed by atoms with van der Waals surface area (Å²) in [6.07, 6.45) is -4.62. The maximum Gasteiger partial charge on any atom is 0.490 e. The number of aromatic nitrogens is 1. The fraction of sp³-hybridized carbons (Fsp3) is 0.286. The summed E-state index contributed by atoms with van der Waals surface area (Å²) >= 11 is 0.903. The molecular weight excluding hydrogens is 560 g/mol. The van der Waals surface area contributed by atoms with Crippen molar-refractivity contribution in [3.63, 3.8) is 0 Å². The Labute approximate surface area is 219 Å². The van der Waals surface area contributed by atoms with Crippen LogP contribution in [0.4, 0.5) is 17.6 Å². The third-order valence-electron chi connectivity index (χ3n) is 4.36. The van der Waals surface area contributed by atoms with Crippen LogP contribution in [-0.2, 0) is 25.6 Å². The zero-order valence-corrected chi connectivity index (χ0v) is 20.4. The second-order valence-electron chi connectivity index (χ2n) is 7.47. The molecule has 1 amide bonds. The molecule has 2 rings (SSSR count). The van der Waals surface area contributed by atoms with E-state index < -0.39 is 60.2 Å². The first kappa shape index (κ1) is 32.4. The van der Waals surface area contributed by atoms with E-state index in [2.05, 4.69) is 10.3 Å². The van der Waals surface area contributed by atoms with Gasteiger partial charge >= 0.3 is 30.1 Å². The number of amidine groups is 1. The van der Waals surface area contributed by atoms with Crippen LogP contribution >= 0.6 is 11.3 Å². The normalized spacial score (nSPS) is 12.2. The van der Waals surface area contributed by atoms with Gasteiger partial charge < -0.3 is 31.1 Å². The predicted molar refractivity (Wildman–Crippen MR) is 123 cm³/mol. The fourth-order valence-electron chi connectivity index (χ4n) is 2.44. The molecule has 13 nitrogen and oxygen atoms in total. The minimum Gasteiger partial charge on any atom is -0.481 e. The number of carboxylic acid groups (broad SMARTS) is 3. The molecule has 0 bridgehead atoms. The molecule has 1 heterocycles. The molecule has 212 valence electrons. The molecule has 2 atom stereocenters. The van der Waals surface area contributed by atoms with Crippen LogP contribution in [-0.4, -0.2) is 68.1 Å². The van der Waals surface area contributed by atoms with Gasteiger partial charge in [-0.3, -0.25) is 15.0 Å². The zero-order chi connectivity index (χ0) is 30.1. The Morgan fingerprint density at radius 2 is 1.77 bits per heavy atom. The number of hydrogen-bond donors (Lipinski definition) is 6. The highest BCUT2D eigenvalue weighted by Gasteiger charge is 2.38. The van der Waals surface area contributed by atoms with E-state index in [9.17, 15) is 36.7 Å². The number of ether oxygens (including phenoxy) is 1. The Balaban J connectivity index is 0.000000956. The Morgan fingerprint density at radius 3 is 2.23 bits per heavy atom. The summed E-state index contributed by atoms with van der Waals surface area (Å²) in [5.41, 5.74) is 5.40. The van der Waals surface area contributed by atoms with Crippen LogP contribution in [0.2, 0.25) is 0 Å². The number of amides is 1. The smallest absolute Gasteiger partial charge is 0.481 e. The molecule has 0 saturated heterocycles. The van der Waals surface area contributed by atoms with Crippen molar-refractivity contribution in [3.8, 4) is 5.75 Å². The Hall–Kier alpha value is -4.61. The van der Waals surface area contributed by atoms with Gasteiger partial charge in [0, 0.05) is 17.9 Å². The molecule has 18 heteroatoms. The number of benzene rings is 1. The van der Waals surface area contributed by atoms with Gasteiger partial charge in [-0.1, -0.05) is 6.92 Å². The number of halogens is 4. The molecule has 0 aliphatic carbocycles. The van der Waals surface area contributed by atoms with Crippen molar-refractivity contribution < 1.29 is 61.6 Å². The molecule has 0 fully saturated rings. The third kappa shape index (κ3) is 10.7. The van der Waals surface area contributed by atoms with E-state index >= 15 is 0 Å². The van der Waals surface area contributed by atoms with Gasteiger partial charge in [0.05, 0.1) is 17.6 Å². The summed E-state index contributed by atoms with van der Waals surface area (Å²) in [5, 5.41) is 34.6. The number of esters is 1. The molecule has 1 aromatic heterocycles. The maximum absolute atomic E-state index is 14.0. The Morgan fingerprint density at radius 1 is 1.18 bits per heavy atom. The van der Waals surface area contributed by atoms with E-state index in [4.69, 9.17) is 36.0 Å². The molecule has 7 N–H and O–H groups in total. The van der Waals surface area contributed by atoms with Gasteiger partial charge in [-0.25, -0.2) is 23.8 Å². The summed E-state index contributed by atoms with van der Waals surface area (Å²) in [6.45, 7) is 1.49. The monoisotopic (exact) mass is 580 g/mol. The highest BCUT2D eigenvalue weighted by molar-refractivity contribution is 7.13. The molecule has 0 aliphatic rings. The van der Waals surface area contributed by atoms with Gasteiger partial charge in [0.15, 0.2) is 11.6 Å². The lowest BCUT2D eigenvalue weighted by Crippen LogP contribution is -2.44. The number of nitrogens with two attached hydrogens (primary N) is 1. The molecule has 1 aromatic carbocycles. The van der Waals surface area contributed by atoms with Gasteiger partial charge in [-0.2, -0.15) is 13.2 Å². The van der Waals surface area contributed by atoms with Crippen LogP contribution in [0.25, 0.3) is 0 Å². The van der Waals surface area contributed by atoms with Crippen LogP contribution < -0.4 is 15.8 Å². The number of thiazole rings is 1. The number of nitrogens with one attached hydrogen (secondary N) is 2. The van der Waals surface area contributed by atoms with Gasteiger partial charge in [0.2, 0.25) is 5.91 Å². The van der Waals surface area contributed by atoms with Crippen LogP contribution in [0.5, 0.6) is 5.75 Å². The molecule has 0 spiro atoms. The van der Waals surface area contributed by atoms with E-state index in [1.165, 1.54) is 19.2 Å². The lowest BCUT2D eigenvalue weighted by Gasteiger charge is -2.15. The molecule has 1 unspecified atom stereocenters. The van der Waals surface area contributed by atoms with Crippen molar-refractivity contribution in [1.29, 1.82) is 5.41 Å². The fourth-order valence-corrected chi connectivity index (χ4v) is 3.37. The maximum atomic E-state index is 14.0. The average molecular weight is 580 g/mol. The first-order valence-electron chi connectivity index (χ1n) is 10.3. The zero-order valence-electron chi connectivity index (χ0n) is 19.6. The summed E-state index contributed by atoms with van der Waals surface area (Å²) in [7, 11) is 0. The molecule has 39 heavy (non-hydrogen) atoms. The summed E-state index contributed by atoms with van der Waals surface area (Å²) in [6, 6.07) is 1.86. The standard InChI is InChI=1S/C19H19FN4O7S.C2HF3O2/c1-8(17(27)24-11(18(28)29)6-15(25)26)4-14-23-7-13(32-14)19(30)31-12-3-2-9(16(21)22)5-10(12)20;3-2(4,5)1(6)7/h2-3,5,7-8,11H,4,6H2,1H3,(H3,21,22)(H,24,27)(H,25,26)(H,28,29);(H,6,7)/t8?,11-;/m0./s1. The molecule has 0 radical (unpaired) electrons. The van der Waals surface area contributed by atoms with Gasteiger partial charge in [-0.05, 0) is 18.2 Å². The molecule has 0 saturated carbocycles. The van der Waals surface area contributed by atoms with Crippen LogP contribution in [0.1, 0.15) is 33.6 Å². The lowest BCUT2D eigenvalue weighted by molar-refractivity contribution is -0.192. The number of alkyl halides is 3. The largest absolute Gasteiger partial charge is 0.490 e. The predicted octanol–water partition coefficient (Wildman–Crippen LogP) is 1.64. The van der Waals surface area contributed by atoms with Crippen molar-refractivity contribution in [2.24, 2.45) is 11.7 Å². The molecular formula is C21H20F4N4O9S. The van der Waals surface area contributed by atoms with E-state index in [1.807, 2.05) is 0 Å². The number of aliphatic carboxylic acids is 3. The van der Waals surface area contributed by atoms with Crippen molar-refractivity contribution in [2.75, 3.05) is 0 Å². The quantitative estimate of drug-likeness (QED) is 0.0777. The van der Waals surface area contributed by atoms with Crippen molar-refractivity contribution in [1.82, 2.24) is 10.3 Å². The summed E-state index contributed by atoms with van der Waals surface area (Å²) < 4.78 is 50.8. The van der Waals surface area contributed by atoms with Crippen molar-refractivity contribution >= 4 is 47.0 Å².